The van der Waals surface area contributed by atoms with E-state index in [1.165, 1.54) is 18.2 Å². The smallest absolute Gasteiger partial charge is 0.322 e. The van der Waals surface area contributed by atoms with Gasteiger partial charge in [0.15, 0.2) is 0 Å². The number of carbonyl (C=O) groups excluding carboxylic acids is 1. The molecule has 2 rings (SSSR count). The molecule has 0 fully saturated rings. The summed E-state index contributed by atoms with van der Waals surface area (Å²) in [6.07, 6.45) is 2.32. The van der Waals surface area contributed by atoms with E-state index >= 15 is 0 Å². The maximum atomic E-state index is 11.3. The van der Waals surface area contributed by atoms with Gasteiger partial charge in [0, 0.05) is 6.54 Å². The van der Waals surface area contributed by atoms with Crippen LogP contribution in [-0.4, -0.2) is 28.7 Å². The van der Waals surface area contributed by atoms with E-state index in [1.54, 1.807) is 6.33 Å². The van der Waals surface area contributed by atoms with Crippen LogP contribution in [0.2, 0.25) is 0 Å². The number of nitrogens with two attached hydrogens (primary N) is 1. The van der Waals surface area contributed by atoms with E-state index in [0.717, 1.165) is 11.0 Å². The lowest BCUT2D eigenvalue weighted by atomic mass is 10.1. The van der Waals surface area contributed by atoms with Crippen molar-refractivity contribution in [2.24, 2.45) is 5.73 Å². The number of methoxy groups -OCH3 is 1. The van der Waals surface area contributed by atoms with Gasteiger partial charge >= 0.3 is 5.97 Å². The SMILES string of the molecule is COC(=O)C(N)CCn1cnc2cc(C)c(C)cc21. The molecule has 0 saturated carbocycles. The van der Waals surface area contributed by atoms with Crippen LogP contribution in [-0.2, 0) is 16.1 Å². The molecule has 5 nitrogen and oxygen atoms in total. The van der Waals surface area contributed by atoms with Crippen LogP contribution in [0.5, 0.6) is 0 Å². The number of hydrogen-bond donors (Lipinski definition) is 1. The number of imidazole rings is 1. The molecule has 1 aromatic carbocycles. The van der Waals surface area contributed by atoms with Crippen molar-refractivity contribution in [1.29, 1.82) is 0 Å². The Bertz CT molecular complexity index is 604. The maximum Gasteiger partial charge on any atom is 0.322 e. The van der Waals surface area contributed by atoms with Gasteiger partial charge in [-0.1, -0.05) is 0 Å². The van der Waals surface area contributed by atoms with Crippen molar-refractivity contribution in [2.75, 3.05) is 7.11 Å². The molecule has 0 radical (unpaired) electrons. The van der Waals surface area contributed by atoms with E-state index in [-0.39, 0.29) is 5.97 Å². The standard InChI is InChI=1S/C14H19N3O2/c1-9-6-12-13(7-10(9)2)17(8-16-12)5-4-11(15)14(18)19-3/h6-8,11H,4-5,15H2,1-3H3. The van der Waals surface area contributed by atoms with Crippen LogP contribution in [0, 0.1) is 13.8 Å². The number of ether oxygens (including phenoxy) is 1. The molecule has 2 aromatic rings. The predicted molar refractivity (Wildman–Crippen MR) is 73.8 cm³/mol. The Labute approximate surface area is 112 Å². The molecule has 1 atom stereocenters. The summed E-state index contributed by atoms with van der Waals surface area (Å²) in [5.41, 5.74) is 10.2. The van der Waals surface area contributed by atoms with Crippen molar-refractivity contribution in [2.45, 2.75) is 32.9 Å². The van der Waals surface area contributed by atoms with Gasteiger partial charge in [-0.3, -0.25) is 4.79 Å². The van der Waals surface area contributed by atoms with Crippen molar-refractivity contribution in [3.05, 3.63) is 29.6 Å². The van der Waals surface area contributed by atoms with Crippen molar-refractivity contribution < 1.29 is 9.53 Å². The first-order valence-electron chi connectivity index (χ1n) is 6.28. The zero-order valence-electron chi connectivity index (χ0n) is 11.5. The van der Waals surface area contributed by atoms with Crippen LogP contribution in [0.3, 0.4) is 0 Å². The molecule has 0 spiro atoms. The Morgan fingerprint density at radius 1 is 1.42 bits per heavy atom. The lowest BCUT2D eigenvalue weighted by Gasteiger charge is -2.10. The van der Waals surface area contributed by atoms with E-state index in [4.69, 9.17) is 5.73 Å². The topological polar surface area (TPSA) is 70.1 Å². The van der Waals surface area contributed by atoms with Crippen molar-refractivity contribution in [3.8, 4) is 0 Å². The third-order valence-electron chi connectivity index (χ3n) is 3.42. The number of carbonyl (C=O) groups is 1. The molecule has 102 valence electrons. The van der Waals surface area contributed by atoms with Crippen LogP contribution in [0.15, 0.2) is 18.5 Å². The summed E-state index contributed by atoms with van der Waals surface area (Å²) in [4.78, 5) is 15.6. The summed E-state index contributed by atoms with van der Waals surface area (Å²) >= 11 is 0. The minimum absolute atomic E-state index is 0.378. The average Bonchev–Trinajstić information content (AvgIpc) is 2.78. The molecule has 1 unspecified atom stereocenters. The number of aryl methyl sites for hydroxylation is 3. The Hall–Kier alpha value is -1.88. The molecule has 0 aliphatic rings. The van der Waals surface area contributed by atoms with Gasteiger partial charge in [-0.05, 0) is 43.5 Å². The van der Waals surface area contributed by atoms with Crippen LogP contribution in [0.4, 0.5) is 0 Å². The zero-order chi connectivity index (χ0) is 14.0. The number of rotatable bonds is 4. The molecule has 0 bridgehead atoms. The second-order valence-electron chi connectivity index (χ2n) is 4.78. The van der Waals surface area contributed by atoms with E-state index < -0.39 is 6.04 Å². The second-order valence-corrected chi connectivity index (χ2v) is 4.78. The lowest BCUT2D eigenvalue weighted by Crippen LogP contribution is -2.32. The molecule has 19 heavy (non-hydrogen) atoms. The molecular weight excluding hydrogens is 242 g/mol. The number of esters is 1. The van der Waals surface area contributed by atoms with Crippen molar-refractivity contribution in [3.63, 3.8) is 0 Å². The fourth-order valence-electron chi connectivity index (χ4n) is 2.04. The number of aromatic nitrogens is 2. The molecule has 0 amide bonds. The normalized spacial score (nSPS) is 12.6. The monoisotopic (exact) mass is 261 g/mol. The maximum absolute atomic E-state index is 11.3. The Balaban J connectivity index is 2.18. The van der Waals surface area contributed by atoms with E-state index in [2.05, 4.69) is 35.7 Å². The van der Waals surface area contributed by atoms with Gasteiger partial charge in [-0.25, -0.2) is 4.98 Å². The van der Waals surface area contributed by atoms with E-state index in [0.29, 0.717) is 13.0 Å². The van der Waals surface area contributed by atoms with E-state index in [1.807, 2.05) is 4.57 Å². The van der Waals surface area contributed by atoms with Crippen LogP contribution in [0.1, 0.15) is 17.5 Å². The molecule has 2 N–H and O–H groups in total. The molecular formula is C14H19N3O2. The summed E-state index contributed by atoms with van der Waals surface area (Å²) in [6, 6.07) is 3.59. The van der Waals surface area contributed by atoms with Gasteiger partial charge in [0.25, 0.3) is 0 Å². The minimum atomic E-state index is -0.589. The first-order valence-corrected chi connectivity index (χ1v) is 6.28. The first kappa shape index (κ1) is 13.5. The second kappa shape index (κ2) is 5.40. The molecule has 0 aliphatic heterocycles. The van der Waals surface area contributed by atoms with Gasteiger partial charge in [-0.15, -0.1) is 0 Å². The molecule has 5 heteroatoms. The number of nitrogens with zero attached hydrogens (tertiary/aromatic N) is 2. The highest BCUT2D eigenvalue weighted by Crippen LogP contribution is 2.18. The van der Waals surface area contributed by atoms with Gasteiger partial charge in [0.2, 0.25) is 0 Å². The fourth-order valence-corrected chi connectivity index (χ4v) is 2.04. The molecule has 0 saturated heterocycles. The number of benzene rings is 1. The third kappa shape index (κ3) is 2.76. The number of hydrogen-bond acceptors (Lipinski definition) is 4. The van der Waals surface area contributed by atoms with Gasteiger partial charge in [0.1, 0.15) is 6.04 Å². The zero-order valence-corrected chi connectivity index (χ0v) is 11.5. The van der Waals surface area contributed by atoms with Crippen LogP contribution in [0.25, 0.3) is 11.0 Å². The van der Waals surface area contributed by atoms with Gasteiger partial charge in [-0.2, -0.15) is 0 Å². The summed E-state index contributed by atoms with van der Waals surface area (Å²) < 4.78 is 6.63. The number of fused-ring (bicyclic) bond motifs is 1. The fraction of sp³-hybridized carbons (Fsp3) is 0.429. The minimum Gasteiger partial charge on any atom is -0.468 e. The predicted octanol–water partition coefficient (Wildman–Crippen LogP) is 1.54. The summed E-state index contributed by atoms with van der Waals surface area (Å²) in [7, 11) is 1.35. The summed E-state index contributed by atoms with van der Waals surface area (Å²) in [5.74, 6) is -0.378. The van der Waals surface area contributed by atoms with Crippen LogP contribution >= 0.6 is 0 Å². The Morgan fingerprint density at radius 3 is 2.79 bits per heavy atom. The summed E-state index contributed by atoms with van der Waals surface area (Å²) in [5, 5.41) is 0. The highest BCUT2D eigenvalue weighted by Gasteiger charge is 2.14. The summed E-state index contributed by atoms with van der Waals surface area (Å²) in [6.45, 7) is 4.79. The molecule has 1 heterocycles. The quantitative estimate of drug-likeness (QED) is 0.848. The lowest BCUT2D eigenvalue weighted by molar-refractivity contribution is -0.142. The molecule has 1 aromatic heterocycles. The van der Waals surface area contributed by atoms with E-state index in [9.17, 15) is 4.79 Å². The highest BCUT2D eigenvalue weighted by molar-refractivity contribution is 5.77. The van der Waals surface area contributed by atoms with Crippen molar-refractivity contribution >= 4 is 17.0 Å². The highest BCUT2D eigenvalue weighted by atomic mass is 16.5. The first-order chi connectivity index (χ1) is 9.02. The van der Waals surface area contributed by atoms with Crippen LogP contribution < -0.4 is 5.73 Å². The van der Waals surface area contributed by atoms with Crippen molar-refractivity contribution in [1.82, 2.24) is 9.55 Å². The molecule has 0 aliphatic carbocycles. The van der Waals surface area contributed by atoms with Gasteiger partial charge in [0.05, 0.1) is 24.5 Å². The Morgan fingerprint density at radius 2 is 2.11 bits per heavy atom. The Kier molecular flexibility index (Phi) is 3.85. The third-order valence-corrected chi connectivity index (χ3v) is 3.42. The largest absolute Gasteiger partial charge is 0.468 e. The van der Waals surface area contributed by atoms with Gasteiger partial charge < -0.3 is 15.0 Å². The average molecular weight is 261 g/mol.